The molecule has 1 N–H and O–H groups in total. The van der Waals surface area contributed by atoms with Crippen molar-refractivity contribution in [1.29, 1.82) is 0 Å². The lowest BCUT2D eigenvalue weighted by molar-refractivity contribution is -0.122. The zero-order valence-electron chi connectivity index (χ0n) is 13.5. The van der Waals surface area contributed by atoms with E-state index in [-0.39, 0.29) is 5.91 Å². The number of carbonyl (C=O) groups excluding carboxylic acids is 1. The van der Waals surface area contributed by atoms with Crippen molar-refractivity contribution in [3.63, 3.8) is 0 Å². The molecule has 0 aliphatic carbocycles. The van der Waals surface area contributed by atoms with E-state index in [1.165, 1.54) is 6.33 Å². The van der Waals surface area contributed by atoms with E-state index in [1.807, 2.05) is 55.5 Å². The van der Waals surface area contributed by atoms with Crippen molar-refractivity contribution in [1.82, 2.24) is 14.8 Å². The highest BCUT2D eigenvalue weighted by Gasteiger charge is 2.14. The number of anilines is 1. The SMILES string of the molecule is Cc1ccc(OC(C)C(=O)Nc2ccc(-n3cncn3)cc2)cc1. The molecule has 3 rings (SSSR count). The zero-order valence-corrected chi connectivity index (χ0v) is 13.5. The van der Waals surface area contributed by atoms with Gasteiger partial charge in [-0.1, -0.05) is 17.7 Å². The van der Waals surface area contributed by atoms with E-state index in [0.717, 1.165) is 11.3 Å². The van der Waals surface area contributed by atoms with Crippen LogP contribution in [0.15, 0.2) is 61.2 Å². The van der Waals surface area contributed by atoms with E-state index in [4.69, 9.17) is 4.74 Å². The predicted molar refractivity (Wildman–Crippen MR) is 91.3 cm³/mol. The summed E-state index contributed by atoms with van der Waals surface area (Å²) in [4.78, 5) is 16.1. The Bertz CT molecular complexity index is 796. The van der Waals surface area contributed by atoms with Gasteiger partial charge >= 0.3 is 0 Å². The van der Waals surface area contributed by atoms with Crippen LogP contribution in [0.1, 0.15) is 12.5 Å². The molecule has 1 amide bonds. The Morgan fingerprint density at radius 3 is 2.46 bits per heavy atom. The largest absolute Gasteiger partial charge is 0.481 e. The summed E-state index contributed by atoms with van der Waals surface area (Å²) in [6.07, 6.45) is 2.49. The Morgan fingerprint density at radius 1 is 1.12 bits per heavy atom. The highest BCUT2D eigenvalue weighted by Crippen LogP contribution is 2.15. The van der Waals surface area contributed by atoms with Crippen LogP contribution in [0.5, 0.6) is 5.75 Å². The molecule has 6 heteroatoms. The third-order valence-corrected chi connectivity index (χ3v) is 3.52. The van der Waals surface area contributed by atoms with Crippen molar-refractivity contribution in [3.05, 3.63) is 66.7 Å². The molecule has 122 valence electrons. The average Bonchev–Trinajstić information content (AvgIpc) is 3.12. The van der Waals surface area contributed by atoms with Crippen molar-refractivity contribution in [3.8, 4) is 11.4 Å². The van der Waals surface area contributed by atoms with Crippen LogP contribution in [0.2, 0.25) is 0 Å². The number of aromatic nitrogens is 3. The number of nitrogens with zero attached hydrogens (tertiary/aromatic N) is 3. The summed E-state index contributed by atoms with van der Waals surface area (Å²) in [6, 6.07) is 14.9. The maximum Gasteiger partial charge on any atom is 0.265 e. The molecule has 1 aromatic heterocycles. The van der Waals surface area contributed by atoms with Gasteiger partial charge in [0.1, 0.15) is 18.4 Å². The molecule has 0 fully saturated rings. The van der Waals surface area contributed by atoms with E-state index < -0.39 is 6.10 Å². The summed E-state index contributed by atoms with van der Waals surface area (Å²) in [7, 11) is 0. The van der Waals surface area contributed by atoms with Gasteiger partial charge in [0.2, 0.25) is 0 Å². The second-order valence-corrected chi connectivity index (χ2v) is 5.45. The topological polar surface area (TPSA) is 69.0 Å². The van der Waals surface area contributed by atoms with Gasteiger partial charge in [0.25, 0.3) is 5.91 Å². The van der Waals surface area contributed by atoms with Crippen LogP contribution in [-0.2, 0) is 4.79 Å². The van der Waals surface area contributed by atoms with Crippen LogP contribution in [0, 0.1) is 6.92 Å². The molecule has 1 atom stereocenters. The number of hydrogen-bond acceptors (Lipinski definition) is 4. The number of benzene rings is 2. The van der Waals surface area contributed by atoms with Gasteiger partial charge in [-0.2, -0.15) is 5.10 Å². The van der Waals surface area contributed by atoms with Crippen LogP contribution in [0.3, 0.4) is 0 Å². The summed E-state index contributed by atoms with van der Waals surface area (Å²) in [5.74, 6) is 0.467. The minimum atomic E-state index is -0.595. The second-order valence-electron chi connectivity index (χ2n) is 5.45. The van der Waals surface area contributed by atoms with Crippen molar-refractivity contribution in [2.75, 3.05) is 5.32 Å². The van der Waals surface area contributed by atoms with Gasteiger partial charge in [-0.25, -0.2) is 9.67 Å². The minimum absolute atomic E-state index is 0.205. The number of carbonyl (C=O) groups is 1. The molecule has 0 aliphatic rings. The van der Waals surface area contributed by atoms with Gasteiger partial charge in [-0.3, -0.25) is 4.79 Å². The number of rotatable bonds is 5. The molecule has 24 heavy (non-hydrogen) atoms. The van der Waals surface area contributed by atoms with Crippen LogP contribution in [0.4, 0.5) is 5.69 Å². The molecule has 3 aromatic rings. The van der Waals surface area contributed by atoms with E-state index in [1.54, 1.807) is 17.9 Å². The first kappa shape index (κ1) is 15.7. The first-order chi connectivity index (χ1) is 11.6. The van der Waals surface area contributed by atoms with Crippen LogP contribution in [0.25, 0.3) is 5.69 Å². The summed E-state index contributed by atoms with van der Waals surface area (Å²) >= 11 is 0. The van der Waals surface area contributed by atoms with Crippen LogP contribution >= 0.6 is 0 Å². The fraction of sp³-hybridized carbons (Fsp3) is 0.167. The normalized spacial score (nSPS) is 11.8. The Morgan fingerprint density at radius 2 is 1.83 bits per heavy atom. The number of nitrogens with one attached hydrogen (secondary N) is 1. The standard InChI is InChI=1S/C18H18N4O2/c1-13-3-9-17(10-4-13)24-14(2)18(23)21-15-5-7-16(8-6-15)22-12-19-11-20-22/h3-12,14H,1-2H3,(H,21,23). The summed E-state index contributed by atoms with van der Waals surface area (Å²) in [6.45, 7) is 3.72. The highest BCUT2D eigenvalue weighted by molar-refractivity contribution is 5.94. The fourth-order valence-electron chi connectivity index (χ4n) is 2.16. The first-order valence-corrected chi connectivity index (χ1v) is 7.61. The first-order valence-electron chi connectivity index (χ1n) is 7.61. The summed E-state index contributed by atoms with van der Waals surface area (Å²) < 4.78 is 7.30. The number of aryl methyl sites for hydroxylation is 1. The van der Waals surface area contributed by atoms with Crippen molar-refractivity contribution in [2.24, 2.45) is 0 Å². The molecule has 0 saturated carbocycles. The lowest BCUT2D eigenvalue weighted by atomic mass is 10.2. The molecule has 1 heterocycles. The number of amides is 1. The Balaban J connectivity index is 1.60. The van der Waals surface area contributed by atoms with Crippen molar-refractivity contribution >= 4 is 11.6 Å². The van der Waals surface area contributed by atoms with Crippen molar-refractivity contribution in [2.45, 2.75) is 20.0 Å². The lowest BCUT2D eigenvalue weighted by Crippen LogP contribution is -2.30. The summed E-state index contributed by atoms with van der Waals surface area (Å²) in [5, 5.41) is 6.89. The average molecular weight is 322 g/mol. The van der Waals surface area contributed by atoms with Crippen LogP contribution in [-0.4, -0.2) is 26.8 Å². The van der Waals surface area contributed by atoms with Gasteiger partial charge in [-0.05, 0) is 50.2 Å². The molecule has 0 aliphatic heterocycles. The zero-order chi connectivity index (χ0) is 16.9. The predicted octanol–water partition coefficient (Wildman–Crippen LogP) is 2.98. The van der Waals surface area contributed by atoms with E-state index in [2.05, 4.69) is 15.4 Å². The Labute approximate surface area is 140 Å². The molecule has 0 saturated heterocycles. The fourth-order valence-corrected chi connectivity index (χ4v) is 2.16. The molecule has 0 spiro atoms. The molecule has 0 bridgehead atoms. The van der Waals surface area contributed by atoms with Crippen molar-refractivity contribution < 1.29 is 9.53 Å². The molecule has 1 unspecified atom stereocenters. The lowest BCUT2D eigenvalue weighted by Gasteiger charge is -2.15. The number of ether oxygens (including phenoxy) is 1. The smallest absolute Gasteiger partial charge is 0.265 e. The van der Waals surface area contributed by atoms with Gasteiger partial charge in [0.15, 0.2) is 6.10 Å². The van der Waals surface area contributed by atoms with Crippen LogP contribution < -0.4 is 10.1 Å². The number of hydrogen-bond donors (Lipinski definition) is 1. The maximum atomic E-state index is 12.2. The molecular weight excluding hydrogens is 304 g/mol. The van der Waals surface area contributed by atoms with Gasteiger partial charge in [0.05, 0.1) is 5.69 Å². The van der Waals surface area contributed by atoms with Gasteiger partial charge in [0, 0.05) is 5.69 Å². The molecular formula is C18H18N4O2. The minimum Gasteiger partial charge on any atom is -0.481 e. The second kappa shape index (κ2) is 6.95. The monoisotopic (exact) mass is 322 g/mol. The Kier molecular flexibility index (Phi) is 4.56. The van der Waals surface area contributed by atoms with Gasteiger partial charge < -0.3 is 10.1 Å². The van der Waals surface area contributed by atoms with E-state index in [0.29, 0.717) is 11.4 Å². The quantitative estimate of drug-likeness (QED) is 0.784. The molecule has 0 radical (unpaired) electrons. The maximum absolute atomic E-state index is 12.2. The summed E-state index contributed by atoms with van der Waals surface area (Å²) in [5.41, 5.74) is 2.71. The van der Waals surface area contributed by atoms with E-state index >= 15 is 0 Å². The third-order valence-electron chi connectivity index (χ3n) is 3.52. The van der Waals surface area contributed by atoms with E-state index in [9.17, 15) is 4.79 Å². The third kappa shape index (κ3) is 3.78. The highest BCUT2D eigenvalue weighted by atomic mass is 16.5. The van der Waals surface area contributed by atoms with Gasteiger partial charge in [-0.15, -0.1) is 0 Å². The molecule has 6 nitrogen and oxygen atoms in total. The Hall–Kier alpha value is -3.15. The molecule has 2 aromatic carbocycles.